The molecule has 0 saturated heterocycles. The highest BCUT2D eigenvalue weighted by Crippen LogP contribution is 2.39. The minimum absolute atomic E-state index is 0.109. The second-order valence-corrected chi connectivity index (χ2v) is 5.33. The van der Waals surface area contributed by atoms with Gasteiger partial charge in [-0.3, -0.25) is 4.79 Å². The average molecular weight is 257 g/mol. The van der Waals surface area contributed by atoms with Gasteiger partial charge in [0.15, 0.2) is 0 Å². The van der Waals surface area contributed by atoms with E-state index in [0.717, 1.165) is 18.5 Å². The maximum absolute atomic E-state index is 12.0. The van der Waals surface area contributed by atoms with Crippen molar-refractivity contribution in [3.8, 4) is 6.07 Å². The van der Waals surface area contributed by atoms with E-state index in [2.05, 4.69) is 11.4 Å². The molecule has 1 aromatic rings. The highest BCUT2D eigenvalue weighted by atomic mass is 16.2. The second kappa shape index (κ2) is 5.31. The summed E-state index contributed by atoms with van der Waals surface area (Å²) in [6.07, 6.45) is 2.05. The monoisotopic (exact) mass is 257 g/mol. The van der Waals surface area contributed by atoms with E-state index in [0.29, 0.717) is 5.92 Å². The largest absolute Gasteiger partial charge is 0.365 e. The lowest BCUT2D eigenvalue weighted by atomic mass is 9.98. The summed E-state index contributed by atoms with van der Waals surface area (Å²) in [7, 11) is 1.87. The zero-order valence-electron chi connectivity index (χ0n) is 11.4. The first-order chi connectivity index (χ1) is 9.05. The van der Waals surface area contributed by atoms with E-state index < -0.39 is 5.54 Å². The predicted octanol–water partition coefficient (Wildman–Crippen LogP) is 1.93. The number of nitrogens with one attached hydrogen (secondary N) is 1. The first-order valence-electron chi connectivity index (χ1n) is 6.53. The molecule has 1 amide bonds. The van der Waals surface area contributed by atoms with E-state index in [9.17, 15) is 10.1 Å². The Morgan fingerprint density at radius 1 is 1.47 bits per heavy atom. The highest BCUT2D eigenvalue weighted by Gasteiger charge is 2.43. The number of benzene rings is 1. The molecule has 0 heterocycles. The van der Waals surface area contributed by atoms with Crippen LogP contribution in [0.25, 0.3) is 0 Å². The molecule has 0 aromatic heterocycles. The molecule has 1 fully saturated rings. The summed E-state index contributed by atoms with van der Waals surface area (Å²) in [5, 5.41) is 12.1. The second-order valence-electron chi connectivity index (χ2n) is 5.33. The van der Waals surface area contributed by atoms with Crippen LogP contribution in [0.4, 0.5) is 5.69 Å². The lowest BCUT2D eigenvalue weighted by Crippen LogP contribution is -2.49. The molecule has 4 heteroatoms. The summed E-state index contributed by atoms with van der Waals surface area (Å²) in [4.78, 5) is 13.9. The Bertz CT molecular complexity index is 490. The summed E-state index contributed by atoms with van der Waals surface area (Å²) < 4.78 is 0. The number of likely N-dealkylation sites (N-methyl/N-ethyl adjacent to an activating group) is 1. The average Bonchev–Trinajstić information content (AvgIpc) is 3.24. The smallest absolute Gasteiger partial charge is 0.240 e. The zero-order valence-corrected chi connectivity index (χ0v) is 11.4. The van der Waals surface area contributed by atoms with Crippen molar-refractivity contribution < 1.29 is 4.79 Å². The predicted molar refractivity (Wildman–Crippen MR) is 74.6 cm³/mol. The lowest BCUT2D eigenvalue weighted by Gasteiger charge is -2.25. The van der Waals surface area contributed by atoms with Gasteiger partial charge in [0.25, 0.3) is 0 Å². The Labute approximate surface area is 114 Å². The Balaban J connectivity index is 1.93. The molecule has 0 spiro atoms. The van der Waals surface area contributed by atoms with E-state index in [1.807, 2.05) is 49.2 Å². The molecule has 0 bridgehead atoms. The van der Waals surface area contributed by atoms with Gasteiger partial charge in [-0.2, -0.15) is 5.26 Å². The van der Waals surface area contributed by atoms with Crippen molar-refractivity contribution in [1.82, 2.24) is 5.32 Å². The van der Waals surface area contributed by atoms with Gasteiger partial charge in [0, 0.05) is 12.7 Å². The first kappa shape index (κ1) is 13.4. The van der Waals surface area contributed by atoms with Crippen molar-refractivity contribution in [3.63, 3.8) is 0 Å². The third-order valence-electron chi connectivity index (χ3n) is 3.60. The summed E-state index contributed by atoms with van der Waals surface area (Å²) in [5.74, 6) is 0.200. The molecule has 1 saturated carbocycles. The number of anilines is 1. The van der Waals surface area contributed by atoms with Gasteiger partial charge in [0.05, 0.1) is 12.6 Å². The normalized spacial score (nSPS) is 17.1. The van der Waals surface area contributed by atoms with Crippen LogP contribution in [0.2, 0.25) is 0 Å². The van der Waals surface area contributed by atoms with E-state index in [-0.39, 0.29) is 12.5 Å². The third-order valence-corrected chi connectivity index (χ3v) is 3.60. The number of carbonyl (C=O) groups is 1. The van der Waals surface area contributed by atoms with Gasteiger partial charge in [0.1, 0.15) is 5.54 Å². The molecule has 1 N–H and O–H groups in total. The molecule has 0 unspecified atom stereocenters. The minimum atomic E-state index is -0.714. The number of nitrogens with zero attached hydrogens (tertiary/aromatic N) is 2. The standard InChI is InChI=1S/C15H19N3O/c1-15(11-16,12-8-9-12)17-14(19)10-18(2)13-6-4-3-5-7-13/h3-7,12H,8-10H2,1-2H3,(H,17,19)/t15-/m1/s1. The van der Waals surface area contributed by atoms with Gasteiger partial charge in [-0.15, -0.1) is 0 Å². The van der Waals surface area contributed by atoms with Crippen molar-refractivity contribution in [2.45, 2.75) is 25.3 Å². The number of para-hydroxylation sites is 1. The van der Waals surface area contributed by atoms with Crippen LogP contribution in [0.3, 0.4) is 0 Å². The molecule has 1 aliphatic carbocycles. The fourth-order valence-electron chi connectivity index (χ4n) is 2.20. The number of rotatable bonds is 5. The van der Waals surface area contributed by atoms with E-state index >= 15 is 0 Å². The van der Waals surface area contributed by atoms with Crippen LogP contribution in [0, 0.1) is 17.2 Å². The molecule has 19 heavy (non-hydrogen) atoms. The van der Waals surface area contributed by atoms with Crippen LogP contribution in [-0.2, 0) is 4.79 Å². The third kappa shape index (κ3) is 3.25. The van der Waals surface area contributed by atoms with Crippen LogP contribution in [-0.4, -0.2) is 25.0 Å². The fraction of sp³-hybridized carbons (Fsp3) is 0.467. The van der Waals surface area contributed by atoms with Gasteiger partial charge < -0.3 is 10.2 Å². The van der Waals surface area contributed by atoms with Crippen molar-refractivity contribution in [2.75, 3.05) is 18.5 Å². The van der Waals surface area contributed by atoms with Gasteiger partial charge in [-0.05, 0) is 37.8 Å². The topological polar surface area (TPSA) is 56.1 Å². The van der Waals surface area contributed by atoms with Crippen LogP contribution in [0.15, 0.2) is 30.3 Å². The molecule has 1 aromatic carbocycles. The molecule has 1 atom stereocenters. The Kier molecular flexibility index (Phi) is 3.75. The highest BCUT2D eigenvalue weighted by molar-refractivity contribution is 5.82. The van der Waals surface area contributed by atoms with Crippen molar-refractivity contribution in [1.29, 1.82) is 5.26 Å². The molecular weight excluding hydrogens is 238 g/mol. The summed E-state index contributed by atoms with van der Waals surface area (Å²) in [6.45, 7) is 2.07. The van der Waals surface area contributed by atoms with Gasteiger partial charge in [-0.25, -0.2) is 0 Å². The molecule has 100 valence electrons. The molecule has 2 rings (SSSR count). The molecule has 1 aliphatic rings. The van der Waals surface area contributed by atoms with Crippen molar-refractivity contribution in [3.05, 3.63) is 30.3 Å². The summed E-state index contributed by atoms with van der Waals surface area (Å²) >= 11 is 0. The summed E-state index contributed by atoms with van der Waals surface area (Å²) in [6, 6.07) is 12.0. The lowest BCUT2D eigenvalue weighted by molar-refractivity contribution is -0.121. The van der Waals surface area contributed by atoms with Gasteiger partial charge in [0.2, 0.25) is 5.91 Å². The minimum Gasteiger partial charge on any atom is -0.365 e. The van der Waals surface area contributed by atoms with Gasteiger partial charge >= 0.3 is 0 Å². The number of amides is 1. The Morgan fingerprint density at radius 2 is 2.11 bits per heavy atom. The van der Waals surface area contributed by atoms with Crippen LogP contribution >= 0.6 is 0 Å². The van der Waals surface area contributed by atoms with Crippen LogP contribution < -0.4 is 10.2 Å². The van der Waals surface area contributed by atoms with E-state index in [1.165, 1.54) is 0 Å². The Hall–Kier alpha value is -2.02. The SMILES string of the molecule is CN(CC(=O)N[C@](C)(C#N)C1CC1)c1ccccc1. The maximum Gasteiger partial charge on any atom is 0.240 e. The van der Waals surface area contributed by atoms with Crippen LogP contribution in [0.5, 0.6) is 0 Å². The maximum atomic E-state index is 12.0. The fourth-order valence-corrected chi connectivity index (χ4v) is 2.20. The number of nitriles is 1. The van der Waals surface area contributed by atoms with E-state index in [1.54, 1.807) is 0 Å². The Morgan fingerprint density at radius 3 is 2.63 bits per heavy atom. The van der Waals surface area contributed by atoms with E-state index in [4.69, 9.17) is 0 Å². The van der Waals surface area contributed by atoms with Crippen molar-refractivity contribution in [2.24, 2.45) is 5.92 Å². The summed E-state index contributed by atoms with van der Waals surface area (Å²) in [5.41, 5.74) is 0.275. The number of carbonyl (C=O) groups excluding carboxylic acids is 1. The quantitative estimate of drug-likeness (QED) is 0.877. The number of hydrogen-bond acceptors (Lipinski definition) is 3. The van der Waals surface area contributed by atoms with Crippen molar-refractivity contribution >= 4 is 11.6 Å². The van der Waals surface area contributed by atoms with Gasteiger partial charge in [-0.1, -0.05) is 18.2 Å². The van der Waals surface area contributed by atoms with Crippen LogP contribution in [0.1, 0.15) is 19.8 Å². The molecule has 0 aliphatic heterocycles. The molecular formula is C15H19N3O. The molecule has 0 radical (unpaired) electrons. The number of hydrogen-bond donors (Lipinski definition) is 1. The molecule has 4 nitrogen and oxygen atoms in total. The first-order valence-corrected chi connectivity index (χ1v) is 6.53. The zero-order chi connectivity index (χ0) is 13.9.